The topological polar surface area (TPSA) is 87.6 Å². The maximum absolute atomic E-state index is 12.2. The van der Waals surface area contributed by atoms with Crippen molar-refractivity contribution in [3.05, 3.63) is 53.7 Å². The number of guanidine groups is 1. The van der Waals surface area contributed by atoms with Gasteiger partial charge in [-0.05, 0) is 36.8 Å². The Morgan fingerprint density at radius 1 is 1.13 bits per heavy atom. The standard InChI is InChI=1S/C20H24F3N5O2/c1-14-4-3-5-17(27-14)28-18(29)10-11-25-19(24-2)26-12-15-6-8-16(9-7-15)30-13-20(21,22)23/h3-9H,10-13H2,1-2H3,(H2,24,25,26)(H,27,28,29). The second kappa shape index (κ2) is 11.0. The van der Waals surface area contributed by atoms with E-state index in [9.17, 15) is 18.0 Å². The Labute approximate surface area is 172 Å². The number of hydrogen-bond donors (Lipinski definition) is 3. The molecule has 3 N–H and O–H groups in total. The van der Waals surface area contributed by atoms with Crippen LogP contribution in [0, 0.1) is 6.92 Å². The third-order valence-corrected chi connectivity index (χ3v) is 3.81. The van der Waals surface area contributed by atoms with E-state index in [1.165, 1.54) is 12.1 Å². The van der Waals surface area contributed by atoms with Crippen LogP contribution < -0.4 is 20.7 Å². The molecule has 0 bridgehead atoms. The van der Waals surface area contributed by atoms with Gasteiger partial charge >= 0.3 is 6.18 Å². The molecule has 10 heteroatoms. The number of hydrogen-bond acceptors (Lipinski definition) is 4. The van der Waals surface area contributed by atoms with Crippen molar-refractivity contribution in [2.24, 2.45) is 4.99 Å². The lowest BCUT2D eigenvalue weighted by Crippen LogP contribution is -2.38. The van der Waals surface area contributed by atoms with Crippen LogP contribution >= 0.6 is 0 Å². The maximum Gasteiger partial charge on any atom is 0.422 e. The van der Waals surface area contributed by atoms with Crippen molar-refractivity contribution in [2.45, 2.75) is 26.1 Å². The van der Waals surface area contributed by atoms with Crippen molar-refractivity contribution < 1.29 is 22.7 Å². The average Bonchev–Trinajstić information content (AvgIpc) is 2.69. The summed E-state index contributed by atoms with van der Waals surface area (Å²) in [7, 11) is 1.60. The minimum atomic E-state index is -4.37. The number of ether oxygens (including phenoxy) is 1. The summed E-state index contributed by atoms with van der Waals surface area (Å²) in [6.07, 6.45) is -4.15. The molecule has 0 fully saturated rings. The van der Waals surface area contributed by atoms with Gasteiger partial charge in [-0.15, -0.1) is 0 Å². The number of alkyl halides is 3. The van der Waals surface area contributed by atoms with Crippen molar-refractivity contribution in [2.75, 3.05) is 25.5 Å². The lowest BCUT2D eigenvalue weighted by Gasteiger charge is -2.13. The lowest BCUT2D eigenvalue weighted by atomic mass is 10.2. The maximum atomic E-state index is 12.2. The van der Waals surface area contributed by atoms with Gasteiger partial charge in [0.2, 0.25) is 5.91 Å². The van der Waals surface area contributed by atoms with Crippen LogP contribution in [0.4, 0.5) is 19.0 Å². The van der Waals surface area contributed by atoms with Gasteiger partial charge in [-0.25, -0.2) is 4.98 Å². The third kappa shape index (κ3) is 8.80. The molecule has 1 heterocycles. The van der Waals surface area contributed by atoms with Gasteiger partial charge in [0.1, 0.15) is 11.6 Å². The molecule has 30 heavy (non-hydrogen) atoms. The fourth-order valence-corrected chi connectivity index (χ4v) is 2.39. The highest BCUT2D eigenvalue weighted by Crippen LogP contribution is 2.18. The Morgan fingerprint density at radius 2 is 1.87 bits per heavy atom. The van der Waals surface area contributed by atoms with E-state index in [2.05, 4.69) is 30.7 Å². The predicted octanol–water partition coefficient (Wildman–Crippen LogP) is 3.02. The first-order chi connectivity index (χ1) is 14.2. The highest BCUT2D eigenvalue weighted by molar-refractivity contribution is 5.90. The third-order valence-electron chi connectivity index (χ3n) is 3.81. The first-order valence-electron chi connectivity index (χ1n) is 9.22. The molecule has 0 unspecified atom stereocenters. The number of carbonyl (C=O) groups is 1. The van der Waals surface area contributed by atoms with Gasteiger partial charge in [-0.1, -0.05) is 18.2 Å². The summed E-state index contributed by atoms with van der Waals surface area (Å²) in [6, 6.07) is 11.7. The second-order valence-corrected chi connectivity index (χ2v) is 6.36. The minimum Gasteiger partial charge on any atom is -0.484 e. The molecule has 0 radical (unpaired) electrons. The van der Waals surface area contributed by atoms with E-state index in [1.54, 1.807) is 25.2 Å². The van der Waals surface area contributed by atoms with Crippen LogP contribution in [0.5, 0.6) is 5.75 Å². The molecule has 0 saturated carbocycles. The number of benzene rings is 1. The predicted molar refractivity (Wildman–Crippen MR) is 108 cm³/mol. The average molecular weight is 423 g/mol. The van der Waals surface area contributed by atoms with Crippen molar-refractivity contribution in [1.29, 1.82) is 0 Å². The highest BCUT2D eigenvalue weighted by Gasteiger charge is 2.28. The van der Waals surface area contributed by atoms with Crippen LogP contribution in [0.15, 0.2) is 47.5 Å². The van der Waals surface area contributed by atoms with Crippen LogP contribution in [-0.4, -0.2) is 43.2 Å². The molecule has 0 spiro atoms. The minimum absolute atomic E-state index is 0.146. The van der Waals surface area contributed by atoms with Gasteiger partial charge in [0.05, 0.1) is 0 Å². The molecular formula is C20H24F3N5O2. The largest absolute Gasteiger partial charge is 0.484 e. The first kappa shape index (κ1) is 23.0. The molecule has 0 aliphatic heterocycles. The van der Waals surface area contributed by atoms with Crippen LogP contribution in [-0.2, 0) is 11.3 Å². The first-order valence-corrected chi connectivity index (χ1v) is 9.22. The van der Waals surface area contributed by atoms with Gasteiger partial charge in [0.25, 0.3) is 0 Å². The summed E-state index contributed by atoms with van der Waals surface area (Å²) in [5.41, 5.74) is 1.65. The van der Waals surface area contributed by atoms with E-state index in [0.29, 0.717) is 24.9 Å². The van der Waals surface area contributed by atoms with Crippen molar-refractivity contribution in [3.63, 3.8) is 0 Å². The molecule has 162 valence electrons. The molecule has 0 aliphatic rings. The number of aryl methyl sites for hydroxylation is 1. The summed E-state index contributed by atoms with van der Waals surface area (Å²) in [6.45, 7) is 1.28. The van der Waals surface area contributed by atoms with Gasteiger partial charge in [0, 0.05) is 32.3 Å². The number of rotatable bonds is 8. The number of nitrogens with zero attached hydrogens (tertiary/aromatic N) is 2. The van der Waals surface area contributed by atoms with E-state index < -0.39 is 12.8 Å². The molecule has 2 aromatic rings. The van der Waals surface area contributed by atoms with Crippen LogP contribution in [0.3, 0.4) is 0 Å². The number of amides is 1. The van der Waals surface area contributed by atoms with Crippen LogP contribution in [0.2, 0.25) is 0 Å². The number of pyridine rings is 1. The molecule has 0 atom stereocenters. The zero-order valence-electron chi connectivity index (χ0n) is 16.7. The molecule has 0 aliphatic carbocycles. The molecule has 7 nitrogen and oxygen atoms in total. The van der Waals surface area contributed by atoms with E-state index in [0.717, 1.165) is 11.3 Å². The Balaban J connectivity index is 1.71. The van der Waals surface area contributed by atoms with Gasteiger partial charge in [-0.2, -0.15) is 13.2 Å². The summed E-state index contributed by atoms with van der Waals surface area (Å²) in [5, 5.41) is 8.81. The number of carbonyl (C=O) groups excluding carboxylic acids is 1. The number of nitrogens with one attached hydrogen (secondary N) is 3. The van der Waals surface area contributed by atoms with E-state index >= 15 is 0 Å². The molecule has 2 rings (SSSR count). The van der Waals surface area contributed by atoms with E-state index in [1.807, 2.05) is 19.1 Å². The van der Waals surface area contributed by atoms with Gasteiger partial charge in [0.15, 0.2) is 12.6 Å². The normalized spacial score (nSPS) is 11.7. The second-order valence-electron chi connectivity index (χ2n) is 6.36. The Bertz CT molecular complexity index is 854. The Kier molecular flexibility index (Phi) is 8.45. The highest BCUT2D eigenvalue weighted by atomic mass is 19.4. The molecular weight excluding hydrogens is 399 g/mol. The van der Waals surface area contributed by atoms with Gasteiger partial charge < -0.3 is 20.7 Å². The number of anilines is 1. The summed E-state index contributed by atoms with van der Waals surface area (Å²) < 4.78 is 41.2. The van der Waals surface area contributed by atoms with Crippen LogP contribution in [0.1, 0.15) is 17.7 Å². The Hall–Kier alpha value is -3.30. The lowest BCUT2D eigenvalue weighted by molar-refractivity contribution is -0.153. The number of halogens is 3. The Morgan fingerprint density at radius 3 is 2.50 bits per heavy atom. The SMILES string of the molecule is CN=C(NCCC(=O)Nc1cccc(C)n1)NCc1ccc(OCC(F)(F)F)cc1. The quantitative estimate of drug-likeness (QED) is 0.449. The molecule has 1 aromatic heterocycles. The summed E-state index contributed by atoms with van der Waals surface area (Å²) >= 11 is 0. The van der Waals surface area contributed by atoms with Crippen molar-refractivity contribution in [1.82, 2.24) is 15.6 Å². The van der Waals surface area contributed by atoms with Gasteiger partial charge in [-0.3, -0.25) is 9.79 Å². The van der Waals surface area contributed by atoms with Crippen LogP contribution in [0.25, 0.3) is 0 Å². The molecule has 1 amide bonds. The summed E-state index contributed by atoms with van der Waals surface area (Å²) in [4.78, 5) is 20.3. The number of aliphatic imine (C=N–C) groups is 1. The smallest absolute Gasteiger partial charge is 0.422 e. The van der Waals surface area contributed by atoms with Crippen molar-refractivity contribution in [3.8, 4) is 5.75 Å². The number of aromatic nitrogens is 1. The van der Waals surface area contributed by atoms with E-state index in [4.69, 9.17) is 0 Å². The monoisotopic (exact) mass is 423 g/mol. The fourth-order valence-electron chi connectivity index (χ4n) is 2.39. The fraction of sp³-hybridized carbons (Fsp3) is 0.350. The zero-order valence-corrected chi connectivity index (χ0v) is 16.7. The summed E-state index contributed by atoms with van der Waals surface area (Å²) in [5.74, 6) is 0.970. The molecule has 1 aromatic carbocycles. The zero-order chi connectivity index (χ0) is 22.0. The molecule has 0 saturated heterocycles. The van der Waals surface area contributed by atoms with E-state index in [-0.39, 0.29) is 18.1 Å². The van der Waals surface area contributed by atoms with Crippen molar-refractivity contribution >= 4 is 17.7 Å².